The van der Waals surface area contributed by atoms with E-state index in [9.17, 15) is 4.79 Å². The van der Waals surface area contributed by atoms with E-state index in [-0.39, 0.29) is 11.7 Å². The van der Waals surface area contributed by atoms with E-state index in [1.807, 2.05) is 0 Å². The summed E-state index contributed by atoms with van der Waals surface area (Å²) in [5, 5.41) is 12.1. The summed E-state index contributed by atoms with van der Waals surface area (Å²) in [7, 11) is 0. The Morgan fingerprint density at radius 1 is 1.50 bits per heavy atom. The molecule has 5 heteroatoms. The number of carbonyl (C=O) groups is 1. The zero-order chi connectivity index (χ0) is 13.0. The van der Waals surface area contributed by atoms with Crippen molar-refractivity contribution in [1.29, 1.82) is 0 Å². The van der Waals surface area contributed by atoms with Crippen LogP contribution in [0.2, 0.25) is 0 Å². The van der Waals surface area contributed by atoms with Gasteiger partial charge in [-0.2, -0.15) is 0 Å². The van der Waals surface area contributed by atoms with E-state index in [4.69, 9.17) is 15.6 Å². The highest BCUT2D eigenvalue weighted by molar-refractivity contribution is 5.90. The molecule has 5 nitrogen and oxygen atoms in total. The number of carboxylic acid groups (broad SMARTS) is 1. The van der Waals surface area contributed by atoms with Crippen molar-refractivity contribution in [1.82, 2.24) is 0 Å². The lowest BCUT2D eigenvalue weighted by molar-refractivity contribution is 0.0248. The first-order chi connectivity index (χ1) is 8.66. The van der Waals surface area contributed by atoms with Crippen LogP contribution in [0.1, 0.15) is 29.6 Å². The van der Waals surface area contributed by atoms with Crippen molar-refractivity contribution in [2.24, 2.45) is 0 Å². The van der Waals surface area contributed by atoms with E-state index in [1.54, 1.807) is 12.1 Å². The highest BCUT2D eigenvalue weighted by Gasteiger charge is 2.14. The average molecular weight is 250 g/mol. The van der Waals surface area contributed by atoms with Gasteiger partial charge in [-0.3, -0.25) is 0 Å². The Labute approximate surface area is 106 Å². The quantitative estimate of drug-likeness (QED) is 0.711. The normalized spacial score (nSPS) is 19.4. The van der Waals surface area contributed by atoms with Crippen LogP contribution in [0.4, 0.5) is 11.4 Å². The maximum Gasteiger partial charge on any atom is 0.335 e. The Morgan fingerprint density at radius 3 is 3.00 bits per heavy atom. The number of anilines is 2. The molecule has 0 bridgehead atoms. The molecular weight excluding hydrogens is 232 g/mol. The van der Waals surface area contributed by atoms with Crippen LogP contribution in [0, 0.1) is 0 Å². The molecule has 1 atom stereocenters. The number of benzene rings is 1. The van der Waals surface area contributed by atoms with Crippen LogP contribution in [0.15, 0.2) is 18.2 Å². The third-order valence-corrected chi connectivity index (χ3v) is 3.09. The zero-order valence-corrected chi connectivity index (χ0v) is 10.2. The molecule has 1 aliphatic heterocycles. The number of hydrogen-bond donors (Lipinski definition) is 3. The lowest BCUT2D eigenvalue weighted by Gasteiger charge is -2.23. The van der Waals surface area contributed by atoms with Gasteiger partial charge in [-0.05, 0) is 37.5 Å². The van der Waals surface area contributed by atoms with Crippen molar-refractivity contribution < 1.29 is 14.6 Å². The van der Waals surface area contributed by atoms with E-state index in [2.05, 4.69) is 5.32 Å². The molecule has 18 heavy (non-hydrogen) atoms. The van der Waals surface area contributed by atoms with Crippen LogP contribution in [0.5, 0.6) is 0 Å². The summed E-state index contributed by atoms with van der Waals surface area (Å²) >= 11 is 0. The molecule has 1 fully saturated rings. The van der Waals surface area contributed by atoms with Crippen molar-refractivity contribution in [3.05, 3.63) is 23.8 Å². The Hall–Kier alpha value is -1.75. The molecule has 98 valence electrons. The second kappa shape index (κ2) is 5.73. The predicted octanol–water partition coefficient (Wildman–Crippen LogP) is 1.95. The molecule has 0 amide bonds. The molecule has 1 unspecified atom stereocenters. The number of hydrogen-bond acceptors (Lipinski definition) is 4. The average Bonchev–Trinajstić information content (AvgIpc) is 2.38. The molecule has 0 spiro atoms. The number of nitrogen functional groups attached to an aromatic ring is 1. The van der Waals surface area contributed by atoms with Gasteiger partial charge >= 0.3 is 5.97 Å². The Morgan fingerprint density at radius 2 is 2.33 bits per heavy atom. The SMILES string of the molecule is Nc1ccc(C(=O)O)cc1NCC1CCCCO1. The maximum atomic E-state index is 10.9. The highest BCUT2D eigenvalue weighted by Crippen LogP contribution is 2.21. The first-order valence-electron chi connectivity index (χ1n) is 6.15. The minimum Gasteiger partial charge on any atom is -0.478 e. The minimum atomic E-state index is -0.952. The van der Waals surface area contributed by atoms with Crippen molar-refractivity contribution in [2.45, 2.75) is 25.4 Å². The smallest absolute Gasteiger partial charge is 0.335 e. The van der Waals surface area contributed by atoms with Gasteiger partial charge in [-0.15, -0.1) is 0 Å². The fourth-order valence-corrected chi connectivity index (χ4v) is 2.03. The summed E-state index contributed by atoms with van der Waals surface area (Å²) in [5.74, 6) is -0.952. The molecule has 0 radical (unpaired) electrons. The van der Waals surface area contributed by atoms with E-state index in [0.717, 1.165) is 19.4 Å². The summed E-state index contributed by atoms with van der Waals surface area (Å²) in [6, 6.07) is 4.66. The van der Waals surface area contributed by atoms with Gasteiger partial charge in [0.25, 0.3) is 0 Å². The van der Waals surface area contributed by atoms with E-state index in [0.29, 0.717) is 17.9 Å². The van der Waals surface area contributed by atoms with Crippen LogP contribution in [0.25, 0.3) is 0 Å². The van der Waals surface area contributed by atoms with Crippen molar-refractivity contribution >= 4 is 17.3 Å². The largest absolute Gasteiger partial charge is 0.478 e. The lowest BCUT2D eigenvalue weighted by atomic mass is 10.1. The van der Waals surface area contributed by atoms with Gasteiger partial charge < -0.3 is 20.9 Å². The molecule has 1 aliphatic rings. The molecule has 2 rings (SSSR count). The number of ether oxygens (including phenoxy) is 1. The summed E-state index contributed by atoms with van der Waals surface area (Å²) in [6.45, 7) is 1.46. The number of rotatable bonds is 4. The van der Waals surface area contributed by atoms with Crippen molar-refractivity contribution in [3.8, 4) is 0 Å². The second-order valence-corrected chi connectivity index (χ2v) is 4.48. The number of aromatic carboxylic acids is 1. The van der Waals surface area contributed by atoms with E-state index < -0.39 is 5.97 Å². The monoisotopic (exact) mass is 250 g/mol. The van der Waals surface area contributed by atoms with Crippen molar-refractivity contribution in [3.63, 3.8) is 0 Å². The molecule has 1 aromatic rings. The summed E-state index contributed by atoms with van der Waals surface area (Å²) in [4.78, 5) is 10.9. The van der Waals surface area contributed by atoms with Crippen LogP contribution in [0.3, 0.4) is 0 Å². The number of nitrogens with two attached hydrogens (primary N) is 1. The van der Waals surface area contributed by atoms with Gasteiger partial charge in [0.05, 0.1) is 23.0 Å². The van der Waals surface area contributed by atoms with Crippen LogP contribution >= 0.6 is 0 Å². The fraction of sp³-hybridized carbons (Fsp3) is 0.462. The summed E-state index contributed by atoms with van der Waals surface area (Å²) < 4.78 is 5.60. The number of carboxylic acids is 1. The standard InChI is InChI=1S/C13H18N2O3/c14-11-5-4-9(13(16)17)7-12(11)15-8-10-3-1-2-6-18-10/h4-5,7,10,15H,1-3,6,8,14H2,(H,16,17). The Balaban J connectivity index is 1.99. The van der Waals surface area contributed by atoms with E-state index >= 15 is 0 Å². The maximum absolute atomic E-state index is 10.9. The molecule has 1 aromatic carbocycles. The summed E-state index contributed by atoms with van der Waals surface area (Å²) in [6.07, 6.45) is 3.52. The van der Waals surface area contributed by atoms with Gasteiger partial charge in [-0.25, -0.2) is 4.79 Å². The molecule has 4 N–H and O–H groups in total. The third-order valence-electron chi connectivity index (χ3n) is 3.09. The molecule has 1 heterocycles. The predicted molar refractivity (Wildman–Crippen MR) is 69.9 cm³/mol. The topological polar surface area (TPSA) is 84.6 Å². The molecular formula is C13H18N2O3. The van der Waals surface area contributed by atoms with Gasteiger partial charge in [0.2, 0.25) is 0 Å². The van der Waals surface area contributed by atoms with Gasteiger partial charge in [0, 0.05) is 13.2 Å². The molecule has 1 saturated heterocycles. The first-order valence-corrected chi connectivity index (χ1v) is 6.15. The zero-order valence-electron chi connectivity index (χ0n) is 10.2. The third kappa shape index (κ3) is 3.13. The lowest BCUT2D eigenvalue weighted by Crippen LogP contribution is -2.27. The second-order valence-electron chi connectivity index (χ2n) is 4.48. The molecule has 0 saturated carbocycles. The molecule has 0 aromatic heterocycles. The molecule has 0 aliphatic carbocycles. The van der Waals surface area contributed by atoms with Gasteiger partial charge in [-0.1, -0.05) is 0 Å². The Kier molecular flexibility index (Phi) is 4.04. The van der Waals surface area contributed by atoms with Gasteiger partial charge in [0.15, 0.2) is 0 Å². The summed E-state index contributed by atoms with van der Waals surface area (Å²) in [5.41, 5.74) is 7.25. The van der Waals surface area contributed by atoms with Crippen LogP contribution in [-0.4, -0.2) is 30.3 Å². The minimum absolute atomic E-state index is 0.187. The Bertz CT molecular complexity index is 428. The highest BCUT2D eigenvalue weighted by atomic mass is 16.5. The van der Waals surface area contributed by atoms with Crippen LogP contribution in [-0.2, 0) is 4.74 Å². The first kappa shape index (κ1) is 12.7. The van der Waals surface area contributed by atoms with Crippen LogP contribution < -0.4 is 11.1 Å². The van der Waals surface area contributed by atoms with Crippen molar-refractivity contribution in [2.75, 3.05) is 24.2 Å². The fourth-order valence-electron chi connectivity index (χ4n) is 2.03. The van der Waals surface area contributed by atoms with E-state index in [1.165, 1.54) is 12.5 Å². The number of nitrogens with one attached hydrogen (secondary N) is 1. The van der Waals surface area contributed by atoms with Gasteiger partial charge in [0.1, 0.15) is 0 Å².